The fourth-order valence-corrected chi connectivity index (χ4v) is 4.69. The van der Waals surface area contributed by atoms with Gasteiger partial charge in [0.2, 0.25) is 10.0 Å². The van der Waals surface area contributed by atoms with Crippen LogP contribution in [-0.4, -0.2) is 31.4 Å². The molecular formula is C18H17FN2O3S. The Morgan fingerprint density at radius 3 is 2.64 bits per heavy atom. The highest BCUT2D eigenvalue weighted by atomic mass is 32.2. The van der Waals surface area contributed by atoms with Crippen molar-refractivity contribution in [3.63, 3.8) is 0 Å². The summed E-state index contributed by atoms with van der Waals surface area (Å²) in [4.78, 5) is 3.41. The summed E-state index contributed by atoms with van der Waals surface area (Å²) in [5.41, 5.74) is 2.98. The van der Waals surface area contributed by atoms with Gasteiger partial charge in [-0.15, -0.1) is 0 Å². The molecule has 0 fully saturated rings. The Bertz CT molecular complexity index is 1040. The van der Waals surface area contributed by atoms with E-state index in [4.69, 9.17) is 4.74 Å². The van der Waals surface area contributed by atoms with E-state index in [0.717, 1.165) is 40.0 Å². The van der Waals surface area contributed by atoms with Crippen LogP contribution in [0.3, 0.4) is 0 Å². The van der Waals surface area contributed by atoms with Crippen molar-refractivity contribution in [2.45, 2.75) is 17.9 Å². The molecule has 1 aliphatic heterocycles. The van der Waals surface area contributed by atoms with Crippen LogP contribution >= 0.6 is 0 Å². The Labute approximate surface area is 145 Å². The number of fused-ring (bicyclic) bond motifs is 3. The second kappa shape index (κ2) is 5.86. The van der Waals surface area contributed by atoms with Gasteiger partial charge in [0.15, 0.2) is 0 Å². The van der Waals surface area contributed by atoms with E-state index in [1.807, 2.05) is 18.2 Å². The Hall–Kier alpha value is -2.38. The quantitative estimate of drug-likeness (QED) is 0.781. The van der Waals surface area contributed by atoms with E-state index in [-0.39, 0.29) is 11.4 Å². The van der Waals surface area contributed by atoms with Gasteiger partial charge in [0.05, 0.1) is 18.6 Å². The number of hydrogen-bond acceptors (Lipinski definition) is 3. The normalized spacial score (nSPS) is 15.3. The number of nitrogens with zero attached hydrogens (tertiary/aromatic N) is 1. The van der Waals surface area contributed by atoms with Gasteiger partial charge in [-0.1, -0.05) is 0 Å². The number of benzene rings is 2. The molecule has 0 aliphatic carbocycles. The summed E-state index contributed by atoms with van der Waals surface area (Å²) in [5.74, 6) is 0.320. The van der Waals surface area contributed by atoms with E-state index in [2.05, 4.69) is 4.98 Å². The van der Waals surface area contributed by atoms with Crippen molar-refractivity contribution in [2.24, 2.45) is 0 Å². The molecule has 0 atom stereocenters. The van der Waals surface area contributed by atoms with Gasteiger partial charge < -0.3 is 9.72 Å². The Kier molecular flexibility index (Phi) is 3.77. The zero-order chi connectivity index (χ0) is 17.6. The Morgan fingerprint density at radius 1 is 1.16 bits per heavy atom. The molecule has 1 aliphatic rings. The van der Waals surface area contributed by atoms with Crippen molar-refractivity contribution < 1.29 is 17.5 Å². The predicted molar refractivity (Wildman–Crippen MR) is 92.6 cm³/mol. The first-order chi connectivity index (χ1) is 12.0. The zero-order valence-electron chi connectivity index (χ0n) is 13.6. The number of nitrogens with one attached hydrogen (secondary N) is 1. The lowest BCUT2D eigenvalue weighted by Gasteiger charge is -2.26. The zero-order valence-corrected chi connectivity index (χ0v) is 14.4. The standard InChI is InChI=1S/C18H17FN2O3S/c1-24-13-4-7-17-16(10-13)15-8-9-21(11-18(15)20-17)25(22,23)14-5-2-12(19)3-6-14/h2-7,10,20H,8-9,11H2,1H3. The van der Waals surface area contributed by atoms with Crippen LogP contribution in [0.5, 0.6) is 5.75 Å². The largest absolute Gasteiger partial charge is 0.497 e. The third kappa shape index (κ3) is 2.69. The van der Waals surface area contributed by atoms with E-state index in [1.54, 1.807) is 7.11 Å². The van der Waals surface area contributed by atoms with Gasteiger partial charge in [-0.05, 0) is 54.4 Å². The van der Waals surface area contributed by atoms with Crippen LogP contribution in [0.2, 0.25) is 0 Å². The van der Waals surface area contributed by atoms with Crippen LogP contribution in [0.4, 0.5) is 4.39 Å². The fourth-order valence-electron chi connectivity index (χ4n) is 3.28. The first-order valence-corrected chi connectivity index (χ1v) is 9.36. The van der Waals surface area contributed by atoms with Gasteiger partial charge in [-0.2, -0.15) is 4.31 Å². The third-order valence-corrected chi connectivity index (χ3v) is 6.46. The van der Waals surface area contributed by atoms with Crippen molar-refractivity contribution in [2.75, 3.05) is 13.7 Å². The molecule has 0 saturated heterocycles. The smallest absolute Gasteiger partial charge is 0.243 e. The highest BCUT2D eigenvalue weighted by molar-refractivity contribution is 7.89. The van der Waals surface area contributed by atoms with Gasteiger partial charge in [0, 0.05) is 23.1 Å². The molecule has 0 amide bonds. The fraction of sp³-hybridized carbons (Fsp3) is 0.222. The lowest BCUT2D eigenvalue weighted by Crippen LogP contribution is -2.35. The second-order valence-corrected chi connectivity index (χ2v) is 7.97. The second-order valence-electron chi connectivity index (χ2n) is 6.04. The van der Waals surface area contributed by atoms with Crippen LogP contribution in [-0.2, 0) is 23.0 Å². The van der Waals surface area contributed by atoms with Crippen LogP contribution in [0.15, 0.2) is 47.4 Å². The number of methoxy groups -OCH3 is 1. The monoisotopic (exact) mass is 360 g/mol. The Balaban J connectivity index is 1.70. The minimum atomic E-state index is -3.65. The van der Waals surface area contributed by atoms with Crippen molar-refractivity contribution in [1.82, 2.24) is 9.29 Å². The molecule has 0 saturated carbocycles. The van der Waals surface area contributed by atoms with Gasteiger partial charge in [0.25, 0.3) is 0 Å². The topological polar surface area (TPSA) is 62.4 Å². The summed E-state index contributed by atoms with van der Waals surface area (Å²) >= 11 is 0. The van der Waals surface area contributed by atoms with E-state index < -0.39 is 15.8 Å². The summed E-state index contributed by atoms with van der Waals surface area (Å²) in [5, 5.41) is 1.06. The molecule has 1 N–H and O–H groups in total. The first kappa shape index (κ1) is 16.1. The number of halogens is 1. The summed E-state index contributed by atoms with van der Waals surface area (Å²) in [6.07, 6.45) is 0.614. The lowest BCUT2D eigenvalue weighted by molar-refractivity contribution is 0.388. The average Bonchev–Trinajstić information content (AvgIpc) is 2.99. The maximum atomic E-state index is 13.1. The highest BCUT2D eigenvalue weighted by Crippen LogP contribution is 2.32. The minimum absolute atomic E-state index is 0.107. The van der Waals surface area contributed by atoms with Crippen molar-refractivity contribution >= 4 is 20.9 Å². The molecule has 0 spiro atoms. The van der Waals surface area contributed by atoms with Crippen molar-refractivity contribution in [3.05, 3.63) is 59.5 Å². The molecule has 2 aromatic carbocycles. The number of H-pyrrole nitrogens is 1. The van der Waals surface area contributed by atoms with E-state index in [1.165, 1.54) is 16.4 Å². The van der Waals surface area contributed by atoms with E-state index in [9.17, 15) is 12.8 Å². The predicted octanol–water partition coefficient (Wildman–Crippen LogP) is 3.06. The molecule has 3 aromatic rings. The average molecular weight is 360 g/mol. The molecule has 0 radical (unpaired) electrons. The first-order valence-electron chi connectivity index (χ1n) is 7.92. The number of ether oxygens (including phenoxy) is 1. The maximum absolute atomic E-state index is 13.1. The highest BCUT2D eigenvalue weighted by Gasteiger charge is 2.30. The summed E-state index contributed by atoms with van der Waals surface area (Å²) in [7, 11) is -2.03. The number of sulfonamides is 1. The SMILES string of the molecule is COc1ccc2[nH]c3c(c2c1)CCN(S(=O)(=O)c1ccc(F)cc1)C3. The van der Waals surface area contributed by atoms with Crippen LogP contribution in [0.1, 0.15) is 11.3 Å². The molecule has 2 heterocycles. The summed E-state index contributed by atoms with van der Waals surface area (Å²) in [6, 6.07) is 10.7. The summed E-state index contributed by atoms with van der Waals surface area (Å²) < 4.78 is 45.4. The van der Waals surface area contributed by atoms with Gasteiger partial charge in [0.1, 0.15) is 11.6 Å². The third-order valence-electron chi connectivity index (χ3n) is 4.60. The minimum Gasteiger partial charge on any atom is -0.497 e. The molecule has 5 nitrogen and oxygen atoms in total. The molecule has 0 bridgehead atoms. The lowest BCUT2D eigenvalue weighted by atomic mass is 10.0. The van der Waals surface area contributed by atoms with E-state index >= 15 is 0 Å². The maximum Gasteiger partial charge on any atom is 0.243 e. The number of aromatic nitrogens is 1. The molecule has 4 rings (SSSR count). The van der Waals surface area contributed by atoms with Gasteiger partial charge in [-0.3, -0.25) is 0 Å². The molecule has 25 heavy (non-hydrogen) atoms. The molecular weight excluding hydrogens is 343 g/mol. The number of hydrogen-bond donors (Lipinski definition) is 1. The molecule has 7 heteroatoms. The number of aromatic amines is 1. The van der Waals surface area contributed by atoms with Crippen LogP contribution < -0.4 is 4.74 Å². The van der Waals surface area contributed by atoms with Crippen LogP contribution in [0, 0.1) is 5.82 Å². The summed E-state index contributed by atoms with van der Waals surface area (Å²) in [6.45, 7) is 0.656. The van der Waals surface area contributed by atoms with Crippen molar-refractivity contribution in [3.8, 4) is 5.75 Å². The van der Waals surface area contributed by atoms with Gasteiger partial charge >= 0.3 is 0 Å². The van der Waals surface area contributed by atoms with Crippen molar-refractivity contribution in [1.29, 1.82) is 0 Å². The molecule has 130 valence electrons. The van der Waals surface area contributed by atoms with Gasteiger partial charge in [-0.25, -0.2) is 12.8 Å². The van der Waals surface area contributed by atoms with E-state index in [0.29, 0.717) is 13.0 Å². The molecule has 1 aromatic heterocycles. The molecule has 0 unspecified atom stereocenters. The Morgan fingerprint density at radius 2 is 1.92 bits per heavy atom. The van der Waals surface area contributed by atoms with Crippen LogP contribution in [0.25, 0.3) is 10.9 Å². The number of rotatable bonds is 3.